The van der Waals surface area contributed by atoms with Crippen molar-refractivity contribution in [3.05, 3.63) is 69.8 Å². The maximum absolute atomic E-state index is 12.5. The SMILES string of the molecule is Cc1ccc(-c2c[nH]n3c(=O)cc(C[C@@H](C)n4nc(C)nc4C)nc23)cc1. The summed E-state index contributed by atoms with van der Waals surface area (Å²) in [6.07, 6.45) is 2.43. The largest absolute Gasteiger partial charge is 0.296 e. The second kappa shape index (κ2) is 6.50. The van der Waals surface area contributed by atoms with E-state index in [1.807, 2.05) is 36.9 Å². The minimum absolute atomic E-state index is 0.0577. The van der Waals surface area contributed by atoms with E-state index >= 15 is 0 Å². The highest BCUT2D eigenvalue weighted by Crippen LogP contribution is 2.23. The van der Waals surface area contributed by atoms with E-state index < -0.39 is 0 Å². The molecule has 27 heavy (non-hydrogen) atoms. The summed E-state index contributed by atoms with van der Waals surface area (Å²) in [7, 11) is 0. The Balaban J connectivity index is 1.74. The van der Waals surface area contributed by atoms with Crippen LogP contribution in [0.25, 0.3) is 16.8 Å². The van der Waals surface area contributed by atoms with Gasteiger partial charge in [-0.05, 0) is 33.3 Å². The van der Waals surface area contributed by atoms with Gasteiger partial charge in [-0.15, -0.1) is 0 Å². The van der Waals surface area contributed by atoms with Crippen LogP contribution in [0.2, 0.25) is 0 Å². The predicted molar refractivity (Wildman–Crippen MR) is 104 cm³/mol. The number of aromatic amines is 1. The van der Waals surface area contributed by atoms with Gasteiger partial charge in [0.2, 0.25) is 0 Å². The number of fused-ring (bicyclic) bond motifs is 1. The Hall–Kier alpha value is -3.22. The standard InChI is InChI=1S/C20H22N6O/c1-12-5-7-16(8-6-12)18-11-21-26-19(27)10-17(23-20(18)26)9-13(2)25-15(4)22-14(3)24-25/h5-8,10-11,13,21H,9H2,1-4H3/t13-/m1/s1. The van der Waals surface area contributed by atoms with Gasteiger partial charge < -0.3 is 0 Å². The molecule has 1 atom stereocenters. The highest BCUT2D eigenvalue weighted by atomic mass is 16.1. The Morgan fingerprint density at radius 1 is 1.11 bits per heavy atom. The van der Waals surface area contributed by atoms with Crippen LogP contribution in [0.5, 0.6) is 0 Å². The molecule has 4 aromatic rings. The molecule has 0 radical (unpaired) electrons. The highest BCUT2D eigenvalue weighted by Gasteiger charge is 2.15. The number of nitrogens with zero attached hydrogens (tertiary/aromatic N) is 5. The van der Waals surface area contributed by atoms with Crippen LogP contribution in [0.15, 0.2) is 41.3 Å². The van der Waals surface area contributed by atoms with Crippen LogP contribution in [-0.4, -0.2) is 29.4 Å². The van der Waals surface area contributed by atoms with Crippen molar-refractivity contribution in [3.8, 4) is 11.1 Å². The first-order valence-corrected chi connectivity index (χ1v) is 8.99. The molecule has 7 nitrogen and oxygen atoms in total. The lowest BCUT2D eigenvalue weighted by Crippen LogP contribution is -2.18. The Morgan fingerprint density at radius 2 is 1.85 bits per heavy atom. The maximum atomic E-state index is 12.5. The van der Waals surface area contributed by atoms with Gasteiger partial charge in [-0.25, -0.2) is 19.2 Å². The van der Waals surface area contributed by atoms with Crippen molar-refractivity contribution in [1.82, 2.24) is 29.4 Å². The zero-order valence-corrected chi connectivity index (χ0v) is 15.9. The summed E-state index contributed by atoms with van der Waals surface area (Å²) in [4.78, 5) is 21.7. The Morgan fingerprint density at radius 3 is 2.52 bits per heavy atom. The Bertz CT molecular complexity index is 1170. The van der Waals surface area contributed by atoms with E-state index in [1.54, 1.807) is 6.07 Å². The fourth-order valence-corrected chi connectivity index (χ4v) is 3.42. The van der Waals surface area contributed by atoms with Crippen LogP contribution in [0.1, 0.15) is 35.9 Å². The molecule has 0 spiro atoms. The van der Waals surface area contributed by atoms with Crippen LogP contribution in [0.3, 0.4) is 0 Å². The van der Waals surface area contributed by atoms with Crippen molar-refractivity contribution in [2.45, 2.75) is 40.2 Å². The van der Waals surface area contributed by atoms with Gasteiger partial charge in [-0.2, -0.15) is 5.10 Å². The second-order valence-electron chi connectivity index (χ2n) is 7.00. The van der Waals surface area contributed by atoms with E-state index in [9.17, 15) is 4.79 Å². The van der Waals surface area contributed by atoms with Gasteiger partial charge in [0.15, 0.2) is 5.65 Å². The van der Waals surface area contributed by atoms with E-state index in [0.29, 0.717) is 12.1 Å². The number of rotatable bonds is 4. The number of nitrogens with one attached hydrogen (secondary N) is 1. The summed E-state index contributed by atoms with van der Waals surface area (Å²) in [5.41, 5.74) is 4.39. The zero-order chi connectivity index (χ0) is 19.1. The Labute approximate surface area is 156 Å². The number of benzene rings is 1. The van der Waals surface area contributed by atoms with Crippen molar-refractivity contribution in [3.63, 3.8) is 0 Å². The summed E-state index contributed by atoms with van der Waals surface area (Å²) >= 11 is 0. The fourth-order valence-electron chi connectivity index (χ4n) is 3.42. The third-order valence-corrected chi connectivity index (χ3v) is 4.74. The van der Waals surface area contributed by atoms with Crippen molar-refractivity contribution < 1.29 is 0 Å². The molecule has 4 rings (SSSR count). The minimum atomic E-state index is -0.118. The topological polar surface area (TPSA) is 80.9 Å². The number of aryl methyl sites for hydroxylation is 3. The van der Waals surface area contributed by atoms with Crippen LogP contribution in [0.4, 0.5) is 0 Å². The zero-order valence-electron chi connectivity index (χ0n) is 15.9. The predicted octanol–water partition coefficient (Wildman–Crippen LogP) is 3.01. The van der Waals surface area contributed by atoms with E-state index in [2.05, 4.69) is 41.2 Å². The highest BCUT2D eigenvalue weighted by molar-refractivity contribution is 5.77. The lowest BCUT2D eigenvalue weighted by molar-refractivity contribution is 0.469. The van der Waals surface area contributed by atoms with Gasteiger partial charge in [0, 0.05) is 24.2 Å². The van der Waals surface area contributed by atoms with Crippen molar-refractivity contribution in [2.75, 3.05) is 0 Å². The molecule has 0 aliphatic heterocycles. The van der Waals surface area contributed by atoms with Crippen molar-refractivity contribution >= 4 is 5.65 Å². The molecule has 1 N–H and O–H groups in total. The van der Waals surface area contributed by atoms with Gasteiger partial charge >= 0.3 is 0 Å². The average molecular weight is 362 g/mol. The molecule has 0 fully saturated rings. The van der Waals surface area contributed by atoms with Crippen LogP contribution in [0, 0.1) is 20.8 Å². The molecular formula is C20H22N6O. The summed E-state index contributed by atoms with van der Waals surface area (Å²) in [5, 5.41) is 7.45. The molecule has 0 unspecified atom stereocenters. The molecule has 138 valence electrons. The normalized spacial score (nSPS) is 12.6. The molecule has 0 amide bonds. The molecule has 0 saturated carbocycles. The molecule has 0 aliphatic carbocycles. The van der Waals surface area contributed by atoms with E-state index in [1.165, 1.54) is 10.1 Å². The maximum Gasteiger partial charge on any atom is 0.272 e. The van der Waals surface area contributed by atoms with E-state index in [4.69, 9.17) is 4.98 Å². The first-order valence-electron chi connectivity index (χ1n) is 8.99. The quantitative estimate of drug-likeness (QED) is 0.605. The number of H-pyrrole nitrogens is 1. The van der Waals surface area contributed by atoms with E-state index in [0.717, 1.165) is 28.5 Å². The summed E-state index contributed by atoms with van der Waals surface area (Å²) in [6.45, 7) is 7.92. The van der Waals surface area contributed by atoms with Crippen LogP contribution in [-0.2, 0) is 6.42 Å². The molecule has 3 heterocycles. The monoisotopic (exact) mass is 362 g/mol. The van der Waals surface area contributed by atoms with Gasteiger partial charge in [0.1, 0.15) is 11.6 Å². The van der Waals surface area contributed by atoms with Crippen LogP contribution >= 0.6 is 0 Å². The fraction of sp³-hybridized carbons (Fsp3) is 0.300. The van der Waals surface area contributed by atoms with Gasteiger partial charge in [0.25, 0.3) is 5.56 Å². The van der Waals surface area contributed by atoms with Crippen LogP contribution < -0.4 is 5.56 Å². The van der Waals surface area contributed by atoms with E-state index in [-0.39, 0.29) is 11.6 Å². The third kappa shape index (κ3) is 3.16. The molecule has 3 aromatic heterocycles. The second-order valence-corrected chi connectivity index (χ2v) is 7.00. The molecule has 1 aromatic carbocycles. The molecule has 7 heteroatoms. The number of hydrogen-bond acceptors (Lipinski definition) is 4. The molecule has 0 bridgehead atoms. The number of aromatic nitrogens is 6. The molecule has 0 saturated heterocycles. The van der Waals surface area contributed by atoms with Gasteiger partial charge in [-0.3, -0.25) is 9.89 Å². The molecule has 0 aliphatic rings. The number of hydrogen-bond donors (Lipinski definition) is 1. The van der Waals surface area contributed by atoms with Crippen molar-refractivity contribution in [1.29, 1.82) is 0 Å². The lowest BCUT2D eigenvalue weighted by atomic mass is 10.1. The average Bonchev–Trinajstić information content (AvgIpc) is 3.19. The molecular weight excluding hydrogens is 340 g/mol. The lowest BCUT2D eigenvalue weighted by Gasteiger charge is -2.13. The van der Waals surface area contributed by atoms with Crippen molar-refractivity contribution in [2.24, 2.45) is 0 Å². The first kappa shape index (κ1) is 17.2. The summed E-state index contributed by atoms with van der Waals surface area (Å²) < 4.78 is 3.37. The summed E-state index contributed by atoms with van der Waals surface area (Å²) in [5.74, 6) is 1.61. The Kier molecular flexibility index (Phi) is 4.14. The summed E-state index contributed by atoms with van der Waals surface area (Å²) in [6, 6.07) is 9.83. The smallest absolute Gasteiger partial charge is 0.272 e. The van der Waals surface area contributed by atoms with Gasteiger partial charge in [-0.1, -0.05) is 29.8 Å². The minimum Gasteiger partial charge on any atom is -0.296 e. The van der Waals surface area contributed by atoms with Gasteiger partial charge in [0.05, 0.1) is 11.7 Å². The third-order valence-electron chi connectivity index (χ3n) is 4.74. The first-order chi connectivity index (χ1) is 12.9.